The molecular formula is C16H22N4O3. The van der Waals surface area contributed by atoms with Crippen LogP contribution in [0.4, 0.5) is 0 Å². The number of aromatic nitrogens is 1. The van der Waals surface area contributed by atoms with Crippen LogP contribution in [0.5, 0.6) is 0 Å². The molecule has 0 unspecified atom stereocenters. The second-order valence-corrected chi connectivity index (χ2v) is 4.83. The average molecular weight is 318 g/mol. The van der Waals surface area contributed by atoms with Crippen molar-refractivity contribution in [3.05, 3.63) is 42.2 Å². The van der Waals surface area contributed by atoms with E-state index in [0.29, 0.717) is 11.7 Å². The average Bonchev–Trinajstić information content (AvgIpc) is 3.04. The number of carbonyl (C=O) groups excluding carboxylic acids is 2. The maximum absolute atomic E-state index is 11.8. The summed E-state index contributed by atoms with van der Waals surface area (Å²) in [6.07, 6.45) is 3.31. The Hall–Kier alpha value is -2.51. The fourth-order valence-corrected chi connectivity index (χ4v) is 1.94. The highest BCUT2D eigenvalue weighted by molar-refractivity contribution is 5.92. The summed E-state index contributed by atoms with van der Waals surface area (Å²) in [6, 6.07) is 11.7. The molecule has 1 aliphatic carbocycles. The molecule has 1 fully saturated rings. The van der Waals surface area contributed by atoms with Gasteiger partial charge >= 0.3 is 0 Å². The zero-order chi connectivity index (χ0) is 17.1. The van der Waals surface area contributed by atoms with Gasteiger partial charge in [-0.3, -0.25) is 16.1 Å². The van der Waals surface area contributed by atoms with Crippen molar-refractivity contribution in [3.8, 4) is 11.3 Å². The van der Waals surface area contributed by atoms with Crippen LogP contribution in [0.2, 0.25) is 0 Å². The highest BCUT2D eigenvalue weighted by atomic mass is 16.5. The first-order chi connectivity index (χ1) is 11.2. The first-order valence-electron chi connectivity index (χ1n) is 7.23. The molecule has 0 radical (unpaired) electrons. The number of hydrogen-bond acceptors (Lipinski definition) is 6. The Morgan fingerprint density at radius 2 is 1.91 bits per heavy atom. The number of nitrogens with two attached hydrogens (primary N) is 1. The van der Waals surface area contributed by atoms with Gasteiger partial charge < -0.3 is 14.6 Å². The zero-order valence-corrected chi connectivity index (χ0v) is 13.1. The molecule has 124 valence electrons. The normalized spacial score (nSPS) is 12.8. The molecule has 4 N–H and O–H groups in total. The summed E-state index contributed by atoms with van der Waals surface area (Å²) in [5.74, 6) is 4.70. The predicted octanol–water partition coefficient (Wildman–Crippen LogP) is 1.52. The Kier molecular flexibility index (Phi) is 8.27. The highest BCUT2D eigenvalue weighted by Crippen LogP contribution is 2.21. The molecule has 2 aromatic rings. The van der Waals surface area contributed by atoms with E-state index in [-0.39, 0.29) is 11.7 Å². The minimum absolute atomic E-state index is 0.172. The molecule has 1 heterocycles. The Labute approximate surface area is 135 Å². The molecule has 23 heavy (non-hydrogen) atoms. The number of benzene rings is 1. The third kappa shape index (κ3) is 5.65. The van der Waals surface area contributed by atoms with Crippen LogP contribution in [0.25, 0.3) is 11.3 Å². The Morgan fingerprint density at radius 3 is 2.43 bits per heavy atom. The van der Waals surface area contributed by atoms with E-state index in [1.165, 1.54) is 6.42 Å². The summed E-state index contributed by atoms with van der Waals surface area (Å²) in [5, 5.41) is 6.85. The first-order valence-corrected chi connectivity index (χ1v) is 7.23. The quantitative estimate of drug-likeness (QED) is 0.584. The lowest BCUT2D eigenvalue weighted by atomic mass is 9.93. The molecule has 1 aromatic carbocycles. The second kappa shape index (κ2) is 10.3. The van der Waals surface area contributed by atoms with Crippen LogP contribution < -0.4 is 16.6 Å². The van der Waals surface area contributed by atoms with E-state index in [4.69, 9.17) is 9.32 Å². The molecule has 1 aliphatic rings. The summed E-state index contributed by atoms with van der Waals surface area (Å²) in [7, 11) is 1.65. The third-order valence-corrected chi connectivity index (χ3v) is 3.24. The predicted molar refractivity (Wildman–Crippen MR) is 87.4 cm³/mol. The van der Waals surface area contributed by atoms with E-state index >= 15 is 0 Å². The van der Waals surface area contributed by atoms with E-state index in [9.17, 15) is 4.79 Å². The lowest BCUT2D eigenvalue weighted by Crippen LogP contribution is -2.39. The van der Waals surface area contributed by atoms with Crippen LogP contribution in [-0.2, 0) is 4.79 Å². The van der Waals surface area contributed by atoms with Gasteiger partial charge in [0, 0.05) is 17.7 Å². The second-order valence-electron chi connectivity index (χ2n) is 4.83. The number of amides is 1. The maximum atomic E-state index is 11.8. The third-order valence-electron chi connectivity index (χ3n) is 3.24. The summed E-state index contributed by atoms with van der Waals surface area (Å²) < 4.78 is 5.09. The molecule has 0 saturated heterocycles. The summed E-state index contributed by atoms with van der Waals surface area (Å²) >= 11 is 0. The van der Waals surface area contributed by atoms with Gasteiger partial charge in [0.2, 0.25) is 5.76 Å². The largest absolute Gasteiger partial charge is 0.350 e. The number of nitrogens with one attached hydrogen (secondary N) is 2. The van der Waals surface area contributed by atoms with Crippen LogP contribution in [0.15, 0.2) is 40.9 Å². The van der Waals surface area contributed by atoms with Gasteiger partial charge in [0.05, 0.1) is 0 Å². The summed E-state index contributed by atoms with van der Waals surface area (Å²) in [6.45, 7) is 2.00. The smallest absolute Gasteiger partial charge is 0.290 e. The molecule has 3 rings (SSSR count). The van der Waals surface area contributed by atoms with Gasteiger partial charge in [-0.1, -0.05) is 35.5 Å². The van der Waals surface area contributed by atoms with E-state index < -0.39 is 0 Å². The van der Waals surface area contributed by atoms with E-state index in [2.05, 4.69) is 21.7 Å². The van der Waals surface area contributed by atoms with Crippen molar-refractivity contribution >= 4 is 12.7 Å². The summed E-state index contributed by atoms with van der Waals surface area (Å²) in [4.78, 5) is 19.8. The molecule has 1 amide bonds. The molecule has 1 saturated carbocycles. The van der Waals surface area contributed by atoms with Crippen LogP contribution in [0, 0.1) is 0 Å². The topological polar surface area (TPSA) is 110 Å². The van der Waals surface area contributed by atoms with E-state index in [0.717, 1.165) is 18.4 Å². The molecule has 0 aliphatic heterocycles. The first kappa shape index (κ1) is 18.5. The summed E-state index contributed by atoms with van der Waals surface area (Å²) in [5.41, 5.74) is 3.89. The van der Waals surface area contributed by atoms with Crippen molar-refractivity contribution in [2.45, 2.75) is 25.3 Å². The van der Waals surface area contributed by atoms with Gasteiger partial charge in [-0.05, 0) is 26.3 Å². The fourth-order valence-electron chi connectivity index (χ4n) is 1.94. The molecule has 7 heteroatoms. The Balaban J connectivity index is 0.000000477. The molecule has 7 nitrogen and oxygen atoms in total. The molecular weight excluding hydrogens is 296 g/mol. The zero-order valence-electron chi connectivity index (χ0n) is 13.1. The van der Waals surface area contributed by atoms with Crippen molar-refractivity contribution in [1.82, 2.24) is 15.9 Å². The highest BCUT2D eigenvalue weighted by Gasteiger charge is 2.22. The lowest BCUT2D eigenvalue weighted by Gasteiger charge is -2.25. The van der Waals surface area contributed by atoms with Gasteiger partial charge in [0.1, 0.15) is 12.5 Å². The van der Waals surface area contributed by atoms with E-state index in [1.807, 2.05) is 37.1 Å². The number of nitrogens with zero attached hydrogens (tertiary/aromatic N) is 1. The molecule has 1 aromatic heterocycles. The van der Waals surface area contributed by atoms with Crippen LogP contribution in [0.3, 0.4) is 0 Å². The van der Waals surface area contributed by atoms with E-state index in [1.54, 1.807) is 13.1 Å². The monoisotopic (exact) mass is 318 g/mol. The van der Waals surface area contributed by atoms with Crippen LogP contribution in [-0.4, -0.2) is 30.9 Å². The number of hydrazine groups is 1. The number of hydrogen-bond donors (Lipinski definition) is 3. The van der Waals surface area contributed by atoms with Crippen LogP contribution in [0.1, 0.15) is 29.8 Å². The fraction of sp³-hybridized carbons (Fsp3) is 0.312. The van der Waals surface area contributed by atoms with Gasteiger partial charge in [-0.25, -0.2) is 0 Å². The van der Waals surface area contributed by atoms with Gasteiger partial charge in [0.25, 0.3) is 5.91 Å². The Morgan fingerprint density at radius 1 is 1.30 bits per heavy atom. The number of rotatable bonds is 3. The lowest BCUT2D eigenvalue weighted by molar-refractivity contribution is -0.0980. The van der Waals surface area contributed by atoms with Crippen molar-refractivity contribution in [2.75, 3.05) is 7.05 Å². The molecule has 0 spiro atoms. The van der Waals surface area contributed by atoms with Gasteiger partial charge in [0.15, 0.2) is 0 Å². The van der Waals surface area contributed by atoms with Crippen molar-refractivity contribution in [2.24, 2.45) is 5.84 Å². The van der Waals surface area contributed by atoms with Gasteiger partial charge in [-0.15, -0.1) is 0 Å². The van der Waals surface area contributed by atoms with Crippen molar-refractivity contribution in [3.63, 3.8) is 0 Å². The molecule has 0 atom stereocenters. The minimum Gasteiger partial charge on any atom is -0.350 e. The molecule has 0 bridgehead atoms. The van der Waals surface area contributed by atoms with Crippen LogP contribution >= 0.6 is 0 Å². The van der Waals surface area contributed by atoms with Gasteiger partial charge in [-0.2, -0.15) is 0 Å². The minimum atomic E-state index is -0.172. The SMILES string of the molecule is C=O.CNN.O=C(NC1CCC1)c1cc(-c2ccccc2)no1. The number of carbonyl (C=O) groups is 2. The Bertz CT molecular complexity index is 582. The van der Waals surface area contributed by atoms with Crippen molar-refractivity contribution in [1.29, 1.82) is 0 Å². The standard InChI is InChI=1S/C14H14N2O2.CH6N2.CH2O/c17-14(15-11-7-4-8-11)13-9-12(16-18-13)10-5-2-1-3-6-10;1-3-2;1-2/h1-3,5-6,9,11H,4,7-8H2,(H,15,17);3H,2H2,1H3;1H2. The maximum Gasteiger partial charge on any atom is 0.290 e. The van der Waals surface area contributed by atoms with Crippen molar-refractivity contribution < 1.29 is 14.1 Å².